The standard InChI is InChI=1S/C25H30ClFN8O/c1-15-11-34(16(2)10-33(15)17(3)18-6-7-20(26)21(27)9-18)23-22-24(35-14-29-31-25(35)30-23)32(13-28-22)12-19-5-4-8-36-19/h6-7,9,13-17,19H,4-5,8,10-12H2,1-3H3/t15-,16+,17?,19+/m1/s1. The zero-order valence-electron chi connectivity index (χ0n) is 20.7. The maximum Gasteiger partial charge on any atom is 0.258 e. The van der Waals surface area contributed by atoms with Crippen molar-refractivity contribution in [2.75, 3.05) is 24.6 Å². The number of benzene rings is 1. The normalized spacial score (nSPS) is 24.2. The number of hydrogen-bond acceptors (Lipinski definition) is 7. The van der Waals surface area contributed by atoms with Gasteiger partial charge in [0.15, 0.2) is 11.5 Å². The molecule has 0 saturated carbocycles. The summed E-state index contributed by atoms with van der Waals surface area (Å²) in [7, 11) is 0. The number of piperazine rings is 1. The molecule has 3 aromatic heterocycles. The Morgan fingerprint density at radius 2 is 2.06 bits per heavy atom. The topological polar surface area (TPSA) is 76.6 Å². The highest BCUT2D eigenvalue weighted by atomic mass is 35.5. The van der Waals surface area contributed by atoms with Crippen LogP contribution in [0.4, 0.5) is 10.2 Å². The molecule has 36 heavy (non-hydrogen) atoms. The first-order chi connectivity index (χ1) is 17.4. The molecule has 0 N–H and O–H groups in total. The summed E-state index contributed by atoms with van der Waals surface area (Å²) in [5, 5.41) is 8.53. The van der Waals surface area contributed by atoms with E-state index < -0.39 is 0 Å². The van der Waals surface area contributed by atoms with Gasteiger partial charge in [0.1, 0.15) is 17.7 Å². The molecule has 1 aromatic carbocycles. The van der Waals surface area contributed by atoms with E-state index in [1.165, 1.54) is 0 Å². The molecule has 9 nitrogen and oxygen atoms in total. The van der Waals surface area contributed by atoms with Gasteiger partial charge in [-0.25, -0.2) is 13.8 Å². The first kappa shape index (κ1) is 23.6. The van der Waals surface area contributed by atoms with E-state index in [0.717, 1.165) is 61.6 Å². The van der Waals surface area contributed by atoms with Crippen LogP contribution in [0.15, 0.2) is 30.9 Å². The van der Waals surface area contributed by atoms with Crippen molar-refractivity contribution >= 4 is 34.4 Å². The average Bonchev–Trinajstić information content (AvgIpc) is 3.62. The summed E-state index contributed by atoms with van der Waals surface area (Å²) >= 11 is 5.91. The zero-order valence-corrected chi connectivity index (χ0v) is 21.4. The van der Waals surface area contributed by atoms with Crippen LogP contribution in [0.5, 0.6) is 0 Å². The lowest BCUT2D eigenvalue weighted by molar-refractivity contribution is 0.0977. The maximum absolute atomic E-state index is 14.1. The largest absolute Gasteiger partial charge is 0.376 e. The number of imidazole rings is 1. The fourth-order valence-corrected chi connectivity index (χ4v) is 5.80. The van der Waals surface area contributed by atoms with E-state index in [-0.39, 0.29) is 35.1 Å². The number of ether oxygens (including phenoxy) is 1. The van der Waals surface area contributed by atoms with E-state index in [4.69, 9.17) is 26.3 Å². The van der Waals surface area contributed by atoms with Gasteiger partial charge in [-0.05, 0) is 51.3 Å². The second kappa shape index (κ2) is 9.24. The number of hydrogen-bond donors (Lipinski definition) is 0. The van der Waals surface area contributed by atoms with Crippen LogP contribution in [0.3, 0.4) is 0 Å². The smallest absolute Gasteiger partial charge is 0.258 e. The summed E-state index contributed by atoms with van der Waals surface area (Å²) in [5.41, 5.74) is 2.69. The fraction of sp³-hybridized carbons (Fsp3) is 0.520. The number of halogens is 2. The van der Waals surface area contributed by atoms with Gasteiger partial charge in [-0.15, -0.1) is 10.2 Å². The minimum absolute atomic E-state index is 0.0499. The highest BCUT2D eigenvalue weighted by Crippen LogP contribution is 2.33. The van der Waals surface area contributed by atoms with E-state index >= 15 is 0 Å². The third-order valence-corrected chi connectivity index (χ3v) is 7.95. The molecule has 4 atom stereocenters. The number of fused-ring (bicyclic) bond motifs is 3. The van der Waals surface area contributed by atoms with Crippen LogP contribution in [0.25, 0.3) is 16.9 Å². The van der Waals surface area contributed by atoms with E-state index in [1.807, 2.05) is 16.8 Å². The molecule has 2 fully saturated rings. The van der Waals surface area contributed by atoms with Crippen molar-refractivity contribution in [1.82, 2.24) is 34.0 Å². The van der Waals surface area contributed by atoms with Gasteiger partial charge in [0, 0.05) is 37.8 Å². The quantitative estimate of drug-likeness (QED) is 0.398. The Kier molecular flexibility index (Phi) is 6.05. The maximum atomic E-state index is 14.1. The highest BCUT2D eigenvalue weighted by molar-refractivity contribution is 6.30. The van der Waals surface area contributed by atoms with Crippen molar-refractivity contribution in [1.29, 1.82) is 0 Å². The molecule has 2 saturated heterocycles. The van der Waals surface area contributed by atoms with E-state index in [2.05, 4.69) is 45.3 Å². The van der Waals surface area contributed by atoms with Crippen LogP contribution in [-0.4, -0.2) is 71.9 Å². The minimum atomic E-state index is -0.382. The first-order valence-electron chi connectivity index (χ1n) is 12.5. The van der Waals surface area contributed by atoms with E-state index in [1.54, 1.807) is 18.5 Å². The molecule has 6 rings (SSSR count). The molecule has 5 heterocycles. The summed E-state index contributed by atoms with van der Waals surface area (Å²) < 4.78 is 24.1. The van der Waals surface area contributed by atoms with Crippen LogP contribution in [0, 0.1) is 5.82 Å². The zero-order chi connectivity index (χ0) is 25.0. The third kappa shape index (κ3) is 4.01. The lowest BCUT2D eigenvalue weighted by Gasteiger charge is -2.47. The van der Waals surface area contributed by atoms with Crippen molar-refractivity contribution in [2.45, 2.75) is 64.4 Å². The molecule has 190 valence electrons. The molecule has 4 aromatic rings. The Hall–Kier alpha value is -2.82. The van der Waals surface area contributed by atoms with E-state index in [0.29, 0.717) is 5.78 Å². The molecule has 0 radical (unpaired) electrons. The van der Waals surface area contributed by atoms with Crippen molar-refractivity contribution in [3.63, 3.8) is 0 Å². The summed E-state index contributed by atoms with van der Waals surface area (Å²) in [6.45, 7) is 9.61. The monoisotopic (exact) mass is 512 g/mol. The van der Waals surface area contributed by atoms with Gasteiger partial charge in [-0.2, -0.15) is 4.98 Å². The van der Waals surface area contributed by atoms with E-state index in [9.17, 15) is 4.39 Å². The summed E-state index contributed by atoms with van der Waals surface area (Å²) in [4.78, 5) is 14.4. The lowest BCUT2D eigenvalue weighted by Crippen LogP contribution is -2.57. The Bertz CT molecular complexity index is 1400. The number of aromatic nitrogens is 6. The molecule has 0 spiro atoms. The highest BCUT2D eigenvalue weighted by Gasteiger charge is 2.35. The molecule has 11 heteroatoms. The number of nitrogens with zero attached hydrogens (tertiary/aromatic N) is 8. The van der Waals surface area contributed by atoms with Crippen LogP contribution >= 0.6 is 11.6 Å². The SMILES string of the molecule is CC(c1ccc(Cl)c(F)c1)N1C[C@H](C)N(c2nc3nncn3c3c2ncn3C[C@@H]2CCCO2)C[C@H]1C. The van der Waals surface area contributed by atoms with Crippen molar-refractivity contribution < 1.29 is 9.13 Å². The molecule has 0 aliphatic carbocycles. The summed E-state index contributed by atoms with van der Waals surface area (Å²) in [5.74, 6) is 0.992. The summed E-state index contributed by atoms with van der Waals surface area (Å²) in [6, 6.07) is 5.50. The van der Waals surface area contributed by atoms with Crippen LogP contribution in [0.2, 0.25) is 5.02 Å². The van der Waals surface area contributed by atoms with Crippen molar-refractivity contribution in [3.8, 4) is 0 Å². The predicted octanol–water partition coefficient (Wildman–Crippen LogP) is 4.11. The number of rotatable bonds is 5. The van der Waals surface area contributed by atoms with Gasteiger partial charge in [0.25, 0.3) is 5.78 Å². The van der Waals surface area contributed by atoms with Gasteiger partial charge >= 0.3 is 0 Å². The summed E-state index contributed by atoms with van der Waals surface area (Å²) in [6.07, 6.45) is 5.90. The molecule has 1 unspecified atom stereocenters. The van der Waals surface area contributed by atoms with Crippen LogP contribution < -0.4 is 4.90 Å². The van der Waals surface area contributed by atoms with Crippen LogP contribution in [0.1, 0.15) is 45.2 Å². The Labute approximate surface area is 213 Å². The van der Waals surface area contributed by atoms with Gasteiger partial charge in [-0.1, -0.05) is 17.7 Å². The Morgan fingerprint density at radius 1 is 1.19 bits per heavy atom. The van der Waals surface area contributed by atoms with Gasteiger partial charge < -0.3 is 14.2 Å². The molecule has 2 aliphatic heterocycles. The van der Waals surface area contributed by atoms with Gasteiger partial charge in [0.2, 0.25) is 0 Å². The molecule has 0 amide bonds. The van der Waals surface area contributed by atoms with Gasteiger partial charge in [0.05, 0.1) is 24.0 Å². The third-order valence-electron chi connectivity index (χ3n) is 7.64. The van der Waals surface area contributed by atoms with Crippen molar-refractivity contribution in [3.05, 3.63) is 47.3 Å². The Balaban J connectivity index is 1.32. The molecular formula is C25H30ClFN8O. The van der Waals surface area contributed by atoms with Gasteiger partial charge in [-0.3, -0.25) is 4.90 Å². The Morgan fingerprint density at radius 3 is 2.83 bits per heavy atom. The van der Waals surface area contributed by atoms with Crippen molar-refractivity contribution in [2.24, 2.45) is 0 Å². The minimum Gasteiger partial charge on any atom is -0.376 e. The fourth-order valence-electron chi connectivity index (χ4n) is 5.68. The molecule has 0 bridgehead atoms. The first-order valence-corrected chi connectivity index (χ1v) is 12.9. The second-order valence-corrected chi connectivity index (χ2v) is 10.4. The average molecular weight is 513 g/mol. The molecule has 2 aliphatic rings. The lowest BCUT2D eigenvalue weighted by atomic mass is 10.0. The molecular weight excluding hydrogens is 483 g/mol. The van der Waals surface area contributed by atoms with Crippen LogP contribution in [-0.2, 0) is 11.3 Å². The second-order valence-electron chi connectivity index (χ2n) is 10.0. The predicted molar refractivity (Wildman–Crippen MR) is 136 cm³/mol. The number of anilines is 1.